The van der Waals surface area contributed by atoms with E-state index >= 15 is 0 Å². The number of amides is 1. The number of benzene rings is 1. The van der Waals surface area contributed by atoms with Crippen molar-refractivity contribution in [2.24, 2.45) is 11.3 Å². The predicted octanol–water partition coefficient (Wildman–Crippen LogP) is 2.11. The van der Waals surface area contributed by atoms with E-state index in [4.69, 9.17) is 0 Å². The molecule has 1 aromatic heterocycles. The van der Waals surface area contributed by atoms with E-state index in [1.165, 1.54) is 4.31 Å². The predicted molar refractivity (Wildman–Crippen MR) is 101 cm³/mol. The SMILES string of the molecule is Cc1ccc(S(=O)(=O)N2CCC3(CC3C(=O)NCc3cccnc3)C2)cc1. The first-order valence-electron chi connectivity index (χ1n) is 9.14. The molecule has 1 N–H and O–H groups in total. The maximum absolute atomic E-state index is 12.9. The van der Waals surface area contributed by atoms with E-state index in [9.17, 15) is 13.2 Å². The summed E-state index contributed by atoms with van der Waals surface area (Å²) in [5.74, 6) is -0.0965. The van der Waals surface area contributed by atoms with Crippen LogP contribution in [0, 0.1) is 18.3 Å². The number of sulfonamides is 1. The lowest BCUT2D eigenvalue weighted by atomic mass is 10.0. The first-order valence-corrected chi connectivity index (χ1v) is 10.6. The number of hydrogen-bond acceptors (Lipinski definition) is 4. The Labute approximate surface area is 159 Å². The molecule has 6 nitrogen and oxygen atoms in total. The third-order valence-corrected chi connectivity index (χ3v) is 7.56. The van der Waals surface area contributed by atoms with Gasteiger partial charge in [0.15, 0.2) is 0 Å². The third-order valence-electron chi connectivity index (χ3n) is 5.70. The van der Waals surface area contributed by atoms with Crippen LogP contribution < -0.4 is 5.32 Å². The molecule has 2 fully saturated rings. The monoisotopic (exact) mass is 385 g/mol. The number of aromatic nitrogens is 1. The Balaban J connectivity index is 1.38. The van der Waals surface area contributed by atoms with Gasteiger partial charge in [-0.2, -0.15) is 4.31 Å². The molecule has 142 valence electrons. The first-order chi connectivity index (χ1) is 12.9. The van der Waals surface area contributed by atoms with E-state index in [0.717, 1.165) is 24.0 Å². The van der Waals surface area contributed by atoms with Gasteiger partial charge in [-0.25, -0.2) is 8.42 Å². The molecule has 1 aromatic carbocycles. The van der Waals surface area contributed by atoms with E-state index in [-0.39, 0.29) is 17.2 Å². The minimum absolute atomic E-state index is 0.00781. The van der Waals surface area contributed by atoms with E-state index < -0.39 is 10.0 Å². The summed E-state index contributed by atoms with van der Waals surface area (Å²) < 4.78 is 27.3. The zero-order valence-electron chi connectivity index (χ0n) is 15.3. The number of nitrogens with one attached hydrogen (secondary N) is 1. The average Bonchev–Trinajstić information content (AvgIpc) is 3.20. The Morgan fingerprint density at radius 1 is 1.30 bits per heavy atom. The van der Waals surface area contributed by atoms with Crippen molar-refractivity contribution in [3.63, 3.8) is 0 Å². The van der Waals surface area contributed by atoms with Gasteiger partial charge in [-0.3, -0.25) is 9.78 Å². The molecule has 7 heteroatoms. The standard InChI is InChI=1S/C20H23N3O3S/c1-15-4-6-17(7-5-15)27(25,26)23-10-8-20(14-23)11-18(20)19(24)22-13-16-3-2-9-21-12-16/h2-7,9,12,18H,8,10-11,13-14H2,1H3,(H,22,24). The van der Waals surface area contributed by atoms with Gasteiger partial charge in [0, 0.05) is 37.9 Å². The lowest BCUT2D eigenvalue weighted by molar-refractivity contribution is -0.123. The highest BCUT2D eigenvalue weighted by Gasteiger charge is 2.62. The van der Waals surface area contributed by atoms with E-state index in [0.29, 0.717) is 24.5 Å². The number of carbonyl (C=O) groups excluding carboxylic acids is 1. The Kier molecular flexibility index (Phi) is 4.52. The fraction of sp³-hybridized carbons (Fsp3) is 0.400. The molecule has 1 spiro atoms. The fourth-order valence-electron chi connectivity index (χ4n) is 3.91. The van der Waals surface area contributed by atoms with Gasteiger partial charge in [-0.05, 0) is 48.9 Å². The van der Waals surface area contributed by atoms with Crippen LogP contribution in [0.15, 0.2) is 53.7 Å². The zero-order chi connectivity index (χ0) is 19.1. The number of pyridine rings is 1. The van der Waals surface area contributed by atoms with Crippen LogP contribution in [0.2, 0.25) is 0 Å². The van der Waals surface area contributed by atoms with Crippen molar-refractivity contribution >= 4 is 15.9 Å². The number of aryl methyl sites for hydroxylation is 1. The summed E-state index contributed by atoms with van der Waals surface area (Å²) in [4.78, 5) is 16.9. The first kappa shape index (κ1) is 18.1. The van der Waals surface area contributed by atoms with Gasteiger partial charge in [0.2, 0.25) is 15.9 Å². The number of hydrogen-bond donors (Lipinski definition) is 1. The molecule has 0 bridgehead atoms. The summed E-state index contributed by atoms with van der Waals surface area (Å²) >= 11 is 0. The summed E-state index contributed by atoms with van der Waals surface area (Å²) in [7, 11) is -3.50. The van der Waals surface area contributed by atoms with Crippen LogP contribution in [0.1, 0.15) is 24.0 Å². The van der Waals surface area contributed by atoms with Crippen LogP contribution in [-0.4, -0.2) is 36.7 Å². The van der Waals surface area contributed by atoms with Gasteiger partial charge in [-0.15, -0.1) is 0 Å². The molecule has 1 aliphatic heterocycles. The van der Waals surface area contributed by atoms with Gasteiger partial charge in [0.05, 0.1) is 4.90 Å². The minimum atomic E-state index is -3.50. The quantitative estimate of drug-likeness (QED) is 0.855. The van der Waals surface area contributed by atoms with E-state index in [1.807, 2.05) is 31.2 Å². The normalized spacial score (nSPS) is 24.9. The van der Waals surface area contributed by atoms with Crippen molar-refractivity contribution in [2.75, 3.05) is 13.1 Å². The largest absolute Gasteiger partial charge is 0.352 e. The highest BCUT2D eigenvalue weighted by molar-refractivity contribution is 7.89. The number of rotatable bonds is 5. The van der Waals surface area contributed by atoms with Crippen molar-refractivity contribution in [2.45, 2.75) is 31.2 Å². The van der Waals surface area contributed by atoms with Gasteiger partial charge >= 0.3 is 0 Å². The molecule has 1 saturated heterocycles. The van der Waals surface area contributed by atoms with Gasteiger partial charge in [-0.1, -0.05) is 23.8 Å². The lowest BCUT2D eigenvalue weighted by Gasteiger charge is -2.17. The topological polar surface area (TPSA) is 79.4 Å². The maximum atomic E-state index is 12.9. The highest BCUT2D eigenvalue weighted by atomic mass is 32.2. The molecule has 2 heterocycles. The zero-order valence-corrected chi connectivity index (χ0v) is 16.1. The third kappa shape index (κ3) is 3.49. The maximum Gasteiger partial charge on any atom is 0.243 e. The summed E-state index contributed by atoms with van der Waals surface area (Å²) in [6.07, 6.45) is 4.92. The number of nitrogens with zero attached hydrogens (tertiary/aromatic N) is 2. The second-order valence-electron chi connectivity index (χ2n) is 7.60. The molecule has 2 aromatic rings. The molecule has 1 amide bonds. The van der Waals surface area contributed by atoms with Crippen LogP contribution >= 0.6 is 0 Å². The molecule has 4 rings (SSSR count). The van der Waals surface area contributed by atoms with Crippen molar-refractivity contribution in [1.29, 1.82) is 0 Å². The smallest absolute Gasteiger partial charge is 0.243 e. The Hall–Kier alpha value is -2.25. The van der Waals surface area contributed by atoms with Crippen molar-refractivity contribution in [3.8, 4) is 0 Å². The van der Waals surface area contributed by atoms with Crippen molar-refractivity contribution < 1.29 is 13.2 Å². The second kappa shape index (κ2) is 6.73. The van der Waals surface area contributed by atoms with Crippen LogP contribution in [0.5, 0.6) is 0 Å². The van der Waals surface area contributed by atoms with Crippen LogP contribution in [0.25, 0.3) is 0 Å². The second-order valence-corrected chi connectivity index (χ2v) is 9.54. The van der Waals surface area contributed by atoms with Gasteiger partial charge < -0.3 is 5.32 Å². The van der Waals surface area contributed by atoms with E-state index in [2.05, 4.69) is 10.3 Å². The lowest BCUT2D eigenvalue weighted by Crippen LogP contribution is -2.31. The van der Waals surface area contributed by atoms with Crippen LogP contribution in [0.3, 0.4) is 0 Å². The molecule has 2 atom stereocenters. The Bertz CT molecular complexity index is 944. The minimum Gasteiger partial charge on any atom is -0.352 e. The summed E-state index contributed by atoms with van der Waals surface area (Å²) in [6, 6.07) is 10.7. The molecule has 1 saturated carbocycles. The summed E-state index contributed by atoms with van der Waals surface area (Å²) in [5, 5.41) is 2.96. The molecule has 1 aliphatic carbocycles. The Morgan fingerprint density at radius 3 is 2.78 bits per heavy atom. The fourth-order valence-corrected chi connectivity index (χ4v) is 5.44. The van der Waals surface area contributed by atoms with Crippen LogP contribution in [0.4, 0.5) is 0 Å². The van der Waals surface area contributed by atoms with Gasteiger partial charge in [0.1, 0.15) is 0 Å². The average molecular weight is 385 g/mol. The molecular formula is C20H23N3O3S. The van der Waals surface area contributed by atoms with E-state index in [1.54, 1.807) is 24.5 Å². The summed E-state index contributed by atoms with van der Waals surface area (Å²) in [6.45, 7) is 3.28. The molecule has 2 aliphatic rings. The molecule has 27 heavy (non-hydrogen) atoms. The van der Waals surface area contributed by atoms with Gasteiger partial charge in [0.25, 0.3) is 0 Å². The van der Waals surface area contributed by atoms with Crippen LogP contribution in [-0.2, 0) is 21.4 Å². The van der Waals surface area contributed by atoms with Crippen molar-refractivity contribution in [3.05, 3.63) is 59.9 Å². The van der Waals surface area contributed by atoms with Crippen molar-refractivity contribution in [1.82, 2.24) is 14.6 Å². The molecule has 2 unspecified atom stereocenters. The summed E-state index contributed by atoms with van der Waals surface area (Å²) in [5.41, 5.74) is 1.78. The molecule has 0 radical (unpaired) electrons. The highest BCUT2D eigenvalue weighted by Crippen LogP contribution is 2.59. The molecular weight excluding hydrogens is 362 g/mol. The Morgan fingerprint density at radius 2 is 2.07 bits per heavy atom. The number of carbonyl (C=O) groups is 1.